The van der Waals surface area contributed by atoms with E-state index in [9.17, 15) is 24.0 Å². The lowest BCUT2D eigenvalue weighted by Crippen LogP contribution is -2.37. The highest BCUT2D eigenvalue weighted by Gasteiger charge is 2.54. The lowest BCUT2D eigenvalue weighted by molar-refractivity contribution is -0.155. The van der Waals surface area contributed by atoms with Crippen molar-refractivity contribution in [1.82, 2.24) is 4.90 Å². The topological polar surface area (TPSA) is 179 Å². The molecule has 4 aliphatic rings. The molecule has 3 heterocycles. The van der Waals surface area contributed by atoms with E-state index in [0.29, 0.717) is 45.4 Å². The van der Waals surface area contributed by atoms with Crippen LogP contribution in [-0.4, -0.2) is 92.8 Å². The summed E-state index contributed by atoms with van der Waals surface area (Å²) in [7, 11) is 4.50. The van der Waals surface area contributed by atoms with Crippen molar-refractivity contribution < 1.29 is 57.1 Å². The van der Waals surface area contributed by atoms with Crippen molar-refractivity contribution in [2.75, 3.05) is 47.0 Å². The predicted molar refractivity (Wildman–Crippen MR) is 168 cm³/mol. The van der Waals surface area contributed by atoms with Gasteiger partial charge >= 0.3 is 11.9 Å². The van der Waals surface area contributed by atoms with Gasteiger partial charge in [0.05, 0.1) is 51.6 Å². The van der Waals surface area contributed by atoms with E-state index in [1.165, 1.54) is 28.3 Å². The zero-order valence-corrected chi connectivity index (χ0v) is 27.7. The molecule has 2 unspecified atom stereocenters. The Morgan fingerprint density at radius 3 is 2.27 bits per heavy atom. The van der Waals surface area contributed by atoms with Gasteiger partial charge < -0.3 is 38.9 Å². The van der Waals surface area contributed by atoms with Gasteiger partial charge in [-0.15, -0.1) is 11.8 Å². The lowest BCUT2D eigenvalue weighted by atomic mass is 9.66. The number of methoxy groups -OCH3 is 3. The van der Waals surface area contributed by atoms with E-state index in [-0.39, 0.29) is 44.3 Å². The molecule has 0 saturated carbocycles. The maximum atomic E-state index is 13.4. The van der Waals surface area contributed by atoms with Gasteiger partial charge in [-0.3, -0.25) is 28.9 Å². The smallest absolute Gasteiger partial charge is 0.310 e. The summed E-state index contributed by atoms with van der Waals surface area (Å²) in [4.78, 5) is 65.0. The number of benzene rings is 2. The SMILES string of the molecule is COc1cc([C@@H]2c3cc4c(cc3[C@H](OC(=O)CCN3C(=O)CC(SCC(N)C(C)=O)C3=O)[C@H]3COC(=O)[C@H]23)OCO4)cc(OC)c1OC. The van der Waals surface area contributed by atoms with Crippen LogP contribution in [0.5, 0.6) is 28.7 Å². The number of carbonyl (C=O) groups excluding carboxylic acids is 5. The number of cyclic esters (lactones) is 1. The normalized spacial score (nSPS) is 24.5. The fourth-order valence-corrected chi connectivity index (χ4v) is 7.91. The monoisotopic (exact) mass is 684 g/mol. The molecule has 2 fully saturated rings. The average Bonchev–Trinajstić information content (AvgIpc) is 3.77. The van der Waals surface area contributed by atoms with Gasteiger partial charge in [0.25, 0.3) is 0 Å². The van der Waals surface area contributed by atoms with Gasteiger partial charge in [0, 0.05) is 36.1 Å². The van der Waals surface area contributed by atoms with Gasteiger partial charge in [-0.25, -0.2) is 0 Å². The third-order valence-electron chi connectivity index (χ3n) is 9.17. The Labute approximate surface area is 280 Å². The molecule has 0 spiro atoms. The number of thioether (sulfide) groups is 1. The summed E-state index contributed by atoms with van der Waals surface area (Å²) in [6.07, 6.45) is -1.21. The molecule has 2 N–H and O–H groups in total. The van der Waals surface area contributed by atoms with Crippen LogP contribution >= 0.6 is 11.8 Å². The van der Waals surface area contributed by atoms with Gasteiger partial charge in [0.2, 0.25) is 24.4 Å². The number of likely N-dealkylation sites (tertiary alicyclic amines) is 1. The zero-order chi connectivity index (χ0) is 34.3. The first kappa shape index (κ1) is 33.4. The number of esters is 2. The summed E-state index contributed by atoms with van der Waals surface area (Å²) in [5.41, 5.74) is 7.74. The summed E-state index contributed by atoms with van der Waals surface area (Å²) in [6.45, 7) is 1.20. The fraction of sp³-hybridized carbons (Fsp3) is 0.485. The van der Waals surface area contributed by atoms with Crippen molar-refractivity contribution in [3.05, 3.63) is 41.0 Å². The van der Waals surface area contributed by atoms with E-state index in [0.717, 1.165) is 16.7 Å². The summed E-state index contributed by atoms with van der Waals surface area (Å²) in [6, 6.07) is 6.35. The van der Waals surface area contributed by atoms with Crippen molar-refractivity contribution >= 4 is 41.3 Å². The number of amides is 2. The Hall–Kier alpha value is -4.50. The third-order valence-corrected chi connectivity index (χ3v) is 10.5. The van der Waals surface area contributed by atoms with Crippen molar-refractivity contribution in [2.45, 2.75) is 43.1 Å². The van der Waals surface area contributed by atoms with Crippen LogP contribution < -0.4 is 29.4 Å². The zero-order valence-electron chi connectivity index (χ0n) is 26.8. The van der Waals surface area contributed by atoms with E-state index in [4.69, 9.17) is 38.9 Å². The van der Waals surface area contributed by atoms with Crippen molar-refractivity contribution in [3.63, 3.8) is 0 Å². The molecule has 0 bridgehead atoms. The highest BCUT2D eigenvalue weighted by molar-refractivity contribution is 8.00. The first-order chi connectivity index (χ1) is 23.1. The first-order valence-electron chi connectivity index (χ1n) is 15.4. The minimum absolute atomic E-state index is 0.000648. The molecule has 2 aromatic carbocycles. The van der Waals surface area contributed by atoms with Crippen molar-refractivity contribution in [1.29, 1.82) is 0 Å². The second kappa shape index (κ2) is 13.5. The molecule has 1 aliphatic carbocycles. The highest BCUT2D eigenvalue weighted by atomic mass is 32.2. The van der Waals surface area contributed by atoms with Crippen LogP contribution in [0.4, 0.5) is 0 Å². The Bertz CT molecular complexity index is 1640. The molecule has 6 rings (SSSR count). The highest BCUT2D eigenvalue weighted by Crippen LogP contribution is 2.56. The second-order valence-electron chi connectivity index (χ2n) is 11.9. The van der Waals surface area contributed by atoms with Crippen LogP contribution in [0.1, 0.15) is 48.5 Å². The molecule has 256 valence electrons. The van der Waals surface area contributed by atoms with Gasteiger partial charge in [-0.2, -0.15) is 0 Å². The van der Waals surface area contributed by atoms with Crippen LogP contribution in [0, 0.1) is 11.8 Å². The Morgan fingerprint density at radius 2 is 1.65 bits per heavy atom. The predicted octanol–water partition coefficient (Wildman–Crippen LogP) is 2.13. The number of ketones is 1. The van der Waals surface area contributed by atoms with E-state index in [1.54, 1.807) is 24.3 Å². The fourth-order valence-electron chi connectivity index (χ4n) is 6.70. The number of nitrogens with zero attached hydrogens (tertiary/aromatic N) is 1. The van der Waals surface area contributed by atoms with Crippen LogP contribution in [0.15, 0.2) is 24.3 Å². The standard InChI is InChI=1S/C33H36N2O12S/c1-15(36)20(34)13-48-25-11-26(37)35(32(25)39)6-5-27(38)47-30-18-10-22-21(45-14-46-22)9-17(18)28(29-19(30)12-44-33(29)40)16-7-23(41-2)31(43-4)24(8-16)42-3/h7-10,19-20,25,28-30H,5-6,11-14,34H2,1-4H3/t19-,20?,25?,28+,29-,30-/m0/s1. The number of ether oxygens (including phenoxy) is 7. The Kier molecular flexibility index (Phi) is 9.43. The molecule has 0 radical (unpaired) electrons. The third kappa shape index (κ3) is 6.00. The number of rotatable bonds is 12. The average molecular weight is 685 g/mol. The molecular weight excluding hydrogens is 648 g/mol. The molecule has 48 heavy (non-hydrogen) atoms. The quantitative estimate of drug-likeness (QED) is 0.254. The van der Waals surface area contributed by atoms with Crippen molar-refractivity contribution in [3.8, 4) is 28.7 Å². The van der Waals surface area contributed by atoms with Crippen molar-refractivity contribution in [2.24, 2.45) is 17.6 Å². The molecule has 15 heteroatoms. The second-order valence-corrected chi connectivity index (χ2v) is 13.1. The van der Waals surface area contributed by atoms with Gasteiger partial charge in [0.1, 0.15) is 11.9 Å². The Morgan fingerprint density at radius 1 is 0.979 bits per heavy atom. The minimum Gasteiger partial charge on any atom is -0.493 e. The number of hydrogen-bond acceptors (Lipinski definition) is 14. The minimum atomic E-state index is -0.905. The van der Waals surface area contributed by atoms with Gasteiger partial charge in [0.15, 0.2) is 23.0 Å². The number of imide groups is 1. The Balaban J connectivity index is 1.27. The molecule has 6 atom stereocenters. The van der Waals surface area contributed by atoms with Crippen LogP contribution in [-0.2, 0) is 33.4 Å². The largest absolute Gasteiger partial charge is 0.493 e. The first-order valence-corrected chi connectivity index (χ1v) is 16.4. The van der Waals surface area contributed by atoms with Crippen LogP contribution in [0.2, 0.25) is 0 Å². The number of nitrogens with two attached hydrogens (primary N) is 1. The maximum Gasteiger partial charge on any atom is 0.310 e. The molecule has 0 aromatic heterocycles. The van der Waals surface area contributed by atoms with E-state index in [2.05, 4.69) is 0 Å². The summed E-state index contributed by atoms with van der Waals surface area (Å²) < 4.78 is 39.7. The molecule has 2 aromatic rings. The van der Waals surface area contributed by atoms with E-state index < -0.39 is 58.9 Å². The van der Waals surface area contributed by atoms with Crippen LogP contribution in [0.3, 0.4) is 0 Å². The maximum absolute atomic E-state index is 13.4. The number of fused-ring (bicyclic) bond motifs is 3. The van der Waals surface area contributed by atoms with E-state index in [1.807, 2.05) is 0 Å². The molecule has 3 aliphatic heterocycles. The van der Waals surface area contributed by atoms with Crippen LogP contribution in [0.25, 0.3) is 0 Å². The number of carbonyl (C=O) groups is 5. The van der Waals surface area contributed by atoms with Gasteiger partial charge in [-0.1, -0.05) is 0 Å². The number of Topliss-reactive ketones (excluding diaryl/α,β-unsaturated/α-hetero) is 1. The van der Waals surface area contributed by atoms with Gasteiger partial charge in [-0.05, 0) is 42.3 Å². The molecular formula is C33H36N2O12S. The van der Waals surface area contributed by atoms with E-state index >= 15 is 0 Å². The summed E-state index contributed by atoms with van der Waals surface area (Å²) in [5, 5.41) is -0.678. The molecule has 2 saturated heterocycles. The summed E-state index contributed by atoms with van der Waals surface area (Å²) >= 11 is 1.15. The number of hydrogen-bond donors (Lipinski definition) is 1. The lowest BCUT2D eigenvalue weighted by Gasteiger charge is -2.38. The molecule has 14 nitrogen and oxygen atoms in total. The summed E-state index contributed by atoms with van der Waals surface area (Å²) in [5.74, 6) is -1.73. The molecule has 2 amide bonds.